The van der Waals surface area contributed by atoms with Gasteiger partial charge in [-0.1, -0.05) is 153 Å². The SMILES string of the molecule is CC1(C)c2ccccc2-c2c(-c3ccc4c(c3)c3ccc(-c5cc(-c6ccccc6)nc(-c6ccccc6)n5)cc3n4-c3ccccc3)cccc21. The van der Waals surface area contributed by atoms with Crippen molar-refractivity contribution in [1.29, 1.82) is 0 Å². The Morgan fingerprint density at radius 3 is 1.81 bits per heavy atom. The van der Waals surface area contributed by atoms with Gasteiger partial charge in [0, 0.05) is 38.6 Å². The number of nitrogens with zero attached hydrogens (tertiary/aromatic N) is 3. The van der Waals surface area contributed by atoms with Crippen LogP contribution in [0.3, 0.4) is 0 Å². The molecule has 246 valence electrons. The molecule has 7 aromatic carbocycles. The molecule has 2 aromatic heterocycles. The van der Waals surface area contributed by atoms with Gasteiger partial charge in [0.25, 0.3) is 0 Å². The van der Waals surface area contributed by atoms with Crippen molar-refractivity contribution < 1.29 is 0 Å². The Kier molecular flexibility index (Phi) is 6.84. The zero-order valence-electron chi connectivity index (χ0n) is 29.1. The number of para-hydroxylation sites is 1. The fraction of sp³-hybridized carbons (Fsp3) is 0.0612. The average Bonchev–Trinajstić information content (AvgIpc) is 3.66. The summed E-state index contributed by atoms with van der Waals surface area (Å²) in [5.74, 6) is 0.713. The molecule has 0 N–H and O–H groups in total. The lowest BCUT2D eigenvalue weighted by molar-refractivity contribution is 0.660. The van der Waals surface area contributed by atoms with E-state index in [9.17, 15) is 0 Å². The van der Waals surface area contributed by atoms with E-state index in [1.807, 2.05) is 24.3 Å². The van der Waals surface area contributed by atoms with Gasteiger partial charge in [0.2, 0.25) is 0 Å². The number of benzene rings is 7. The molecule has 52 heavy (non-hydrogen) atoms. The Hall–Kier alpha value is -6.58. The van der Waals surface area contributed by atoms with Crippen molar-refractivity contribution in [2.45, 2.75) is 19.3 Å². The molecule has 1 aliphatic rings. The highest BCUT2D eigenvalue weighted by atomic mass is 15.0. The first-order valence-corrected chi connectivity index (χ1v) is 17.9. The van der Waals surface area contributed by atoms with E-state index in [4.69, 9.17) is 9.97 Å². The largest absolute Gasteiger partial charge is 0.309 e. The summed E-state index contributed by atoms with van der Waals surface area (Å²) in [6.45, 7) is 4.69. The Morgan fingerprint density at radius 1 is 0.423 bits per heavy atom. The van der Waals surface area contributed by atoms with Crippen molar-refractivity contribution in [2.75, 3.05) is 0 Å². The Balaban J connectivity index is 1.19. The van der Waals surface area contributed by atoms with Crippen molar-refractivity contribution in [2.24, 2.45) is 0 Å². The first-order chi connectivity index (χ1) is 25.5. The molecule has 0 unspecified atom stereocenters. The summed E-state index contributed by atoms with van der Waals surface area (Å²) in [5, 5.41) is 2.43. The van der Waals surface area contributed by atoms with Crippen LogP contribution in [-0.2, 0) is 5.41 Å². The molecule has 0 spiro atoms. The molecule has 0 radical (unpaired) electrons. The van der Waals surface area contributed by atoms with E-state index in [-0.39, 0.29) is 5.41 Å². The average molecular weight is 666 g/mol. The summed E-state index contributed by atoms with van der Waals surface area (Å²) in [6, 6.07) is 62.9. The maximum absolute atomic E-state index is 5.16. The molecule has 0 bridgehead atoms. The Labute approximate surface area is 303 Å². The van der Waals surface area contributed by atoms with Crippen LogP contribution >= 0.6 is 0 Å². The van der Waals surface area contributed by atoms with E-state index in [2.05, 4.69) is 170 Å². The molecule has 2 heterocycles. The van der Waals surface area contributed by atoms with E-state index in [0.717, 1.165) is 39.3 Å². The lowest BCUT2D eigenvalue weighted by Gasteiger charge is -2.21. The van der Waals surface area contributed by atoms with Crippen molar-refractivity contribution in [3.05, 3.63) is 187 Å². The maximum atomic E-state index is 5.16. The third kappa shape index (κ3) is 4.74. The first kappa shape index (κ1) is 30.3. The van der Waals surface area contributed by atoms with Gasteiger partial charge in [-0.05, 0) is 69.8 Å². The third-order valence-electron chi connectivity index (χ3n) is 10.8. The first-order valence-electron chi connectivity index (χ1n) is 17.9. The highest BCUT2D eigenvalue weighted by molar-refractivity contribution is 6.12. The topological polar surface area (TPSA) is 30.7 Å². The van der Waals surface area contributed by atoms with E-state index >= 15 is 0 Å². The smallest absolute Gasteiger partial charge is 0.160 e. The molecular formula is C49H35N3. The van der Waals surface area contributed by atoms with Crippen LogP contribution in [0.1, 0.15) is 25.0 Å². The molecule has 10 rings (SSSR count). The van der Waals surface area contributed by atoms with Gasteiger partial charge in [-0.3, -0.25) is 0 Å². The molecule has 9 aromatic rings. The van der Waals surface area contributed by atoms with Gasteiger partial charge in [0.05, 0.1) is 22.4 Å². The van der Waals surface area contributed by atoms with E-state index < -0.39 is 0 Å². The van der Waals surface area contributed by atoms with Crippen LogP contribution in [-0.4, -0.2) is 14.5 Å². The predicted molar refractivity (Wildman–Crippen MR) is 216 cm³/mol. The van der Waals surface area contributed by atoms with Gasteiger partial charge in [0.15, 0.2) is 5.82 Å². The van der Waals surface area contributed by atoms with Crippen LogP contribution in [0.2, 0.25) is 0 Å². The predicted octanol–water partition coefficient (Wildman–Crippen LogP) is 12.5. The van der Waals surface area contributed by atoms with Crippen molar-refractivity contribution >= 4 is 21.8 Å². The molecular weight excluding hydrogens is 631 g/mol. The number of fused-ring (bicyclic) bond motifs is 6. The van der Waals surface area contributed by atoms with E-state index in [0.29, 0.717) is 5.82 Å². The monoisotopic (exact) mass is 665 g/mol. The fourth-order valence-corrected chi connectivity index (χ4v) is 8.27. The van der Waals surface area contributed by atoms with Crippen LogP contribution in [0.15, 0.2) is 176 Å². The van der Waals surface area contributed by atoms with E-state index in [1.165, 1.54) is 49.7 Å². The van der Waals surface area contributed by atoms with Crippen LogP contribution in [0.25, 0.3) is 83.6 Å². The van der Waals surface area contributed by atoms with Gasteiger partial charge in [-0.15, -0.1) is 0 Å². The summed E-state index contributed by atoms with van der Waals surface area (Å²) in [6.07, 6.45) is 0. The lowest BCUT2D eigenvalue weighted by Crippen LogP contribution is -2.14. The van der Waals surface area contributed by atoms with Crippen molar-refractivity contribution in [3.63, 3.8) is 0 Å². The summed E-state index contributed by atoms with van der Waals surface area (Å²) < 4.78 is 2.39. The third-order valence-corrected chi connectivity index (χ3v) is 10.8. The zero-order chi connectivity index (χ0) is 34.8. The highest BCUT2D eigenvalue weighted by Crippen LogP contribution is 2.52. The van der Waals surface area contributed by atoms with Gasteiger partial charge in [0.1, 0.15) is 0 Å². The van der Waals surface area contributed by atoms with Crippen LogP contribution in [0.4, 0.5) is 0 Å². The molecule has 0 fully saturated rings. The summed E-state index contributed by atoms with van der Waals surface area (Å²) in [7, 11) is 0. The van der Waals surface area contributed by atoms with Crippen molar-refractivity contribution in [1.82, 2.24) is 14.5 Å². The molecule has 3 nitrogen and oxygen atoms in total. The van der Waals surface area contributed by atoms with Crippen molar-refractivity contribution in [3.8, 4) is 61.8 Å². The number of hydrogen-bond donors (Lipinski definition) is 0. The Morgan fingerprint density at radius 2 is 1.04 bits per heavy atom. The zero-order valence-corrected chi connectivity index (χ0v) is 29.1. The Bertz CT molecular complexity index is 2740. The van der Waals surface area contributed by atoms with Crippen LogP contribution in [0.5, 0.6) is 0 Å². The fourth-order valence-electron chi connectivity index (χ4n) is 8.27. The minimum atomic E-state index is -0.0481. The highest BCUT2D eigenvalue weighted by Gasteiger charge is 2.36. The summed E-state index contributed by atoms with van der Waals surface area (Å²) in [4.78, 5) is 10.2. The standard InChI is InChI=1S/C49H35N3/c1-49(2)41-23-13-12-21-39(41)47-37(22-14-24-42(47)49)34-26-28-45-40(29-34)38-27-25-35(30-46(38)52(45)36-19-10-5-11-20-36)44-31-43(32-15-6-3-7-16-32)50-48(51-44)33-17-8-4-9-18-33/h3-31H,1-2H3. The molecule has 3 heteroatoms. The second-order valence-electron chi connectivity index (χ2n) is 14.2. The van der Waals surface area contributed by atoms with Gasteiger partial charge in [-0.2, -0.15) is 0 Å². The number of aromatic nitrogens is 3. The molecule has 1 aliphatic carbocycles. The van der Waals surface area contributed by atoms with Gasteiger partial charge >= 0.3 is 0 Å². The maximum Gasteiger partial charge on any atom is 0.160 e. The van der Waals surface area contributed by atoms with Gasteiger partial charge < -0.3 is 4.57 Å². The number of hydrogen-bond acceptors (Lipinski definition) is 2. The quantitative estimate of drug-likeness (QED) is 0.183. The van der Waals surface area contributed by atoms with Crippen LogP contribution in [0, 0.1) is 0 Å². The molecule has 0 saturated heterocycles. The minimum Gasteiger partial charge on any atom is -0.309 e. The summed E-state index contributed by atoms with van der Waals surface area (Å²) >= 11 is 0. The van der Waals surface area contributed by atoms with Gasteiger partial charge in [-0.25, -0.2) is 9.97 Å². The second-order valence-corrected chi connectivity index (χ2v) is 14.2. The lowest BCUT2D eigenvalue weighted by atomic mass is 9.82. The normalized spacial score (nSPS) is 13.0. The minimum absolute atomic E-state index is 0.0481. The number of rotatable bonds is 5. The van der Waals surface area contributed by atoms with Crippen LogP contribution < -0.4 is 0 Å². The van der Waals surface area contributed by atoms with E-state index in [1.54, 1.807) is 0 Å². The molecule has 0 saturated carbocycles. The molecule has 0 aliphatic heterocycles. The summed E-state index contributed by atoms with van der Waals surface area (Å²) in [5.41, 5.74) is 16.3. The molecule has 0 amide bonds. The second kappa shape index (κ2) is 11.8. The molecule has 0 atom stereocenters.